The molecular formula is C25H20NO4S-. The van der Waals surface area contributed by atoms with Crippen LogP contribution in [0.4, 0.5) is 11.4 Å². The molecule has 0 radical (unpaired) electrons. The highest BCUT2D eigenvalue weighted by molar-refractivity contribution is 7.81. The second-order valence-electron chi connectivity index (χ2n) is 7.22. The Hall–Kier alpha value is -3.48. The molecule has 5 nitrogen and oxygen atoms in total. The van der Waals surface area contributed by atoms with E-state index in [1.54, 1.807) is 30.3 Å². The van der Waals surface area contributed by atoms with Crippen LogP contribution in [0.3, 0.4) is 0 Å². The van der Waals surface area contributed by atoms with Gasteiger partial charge in [0.25, 0.3) is 0 Å². The smallest absolute Gasteiger partial charge is 0.335 e. The summed E-state index contributed by atoms with van der Waals surface area (Å²) in [4.78, 5) is 11.2. The number of nitrogens with zero attached hydrogens (tertiary/aromatic N) is 1. The lowest BCUT2D eigenvalue weighted by Crippen LogP contribution is -2.19. The monoisotopic (exact) mass is 430 g/mol. The molecule has 0 saturated carbocycles. The fourth-order valence-corrected chi connectivity index (χ4v) is 4.18. The lowest BCUT2D eigenvalue weighted by Gasteiger charge is -2.27. The Balaban J connectivity index is 1.59. The summed E-state index contributed by atoms with van der Waals surface area (Å²) in [6.07, 6.45) is 1.31. The van der Waals surface area contributed by atoms with E-state index in [0.717, 1.165) is 21.9 Å². The predicted octanol–water partition coefficient (Wildman–Crippen LogP) is 5.26. The lowest BCUT2D eigenvalue weighted by atomic mass is 10.0. The molecule has 156 valence electrons. The molecule has 0 aromatic heterocycles. The van der Waals surface area contributed by atoms with Gasteiger partial charge in [0.2, 0.25) is 0 Å². The summed E-state index contributed by atoms with van der Waals surface area (Å²) < 4.78 is 25.5. The SMILES string of the molecule is O=C(O)c1cccc(CCc2cccc(N(c3ccc4ccccc4c3)S(=O)[O-])c2)c1. The van der Waals surface area contributed by atoms with Crippen molar-refractivity contribution >= 4 is 39.4 Å². The van der Waals surface area contributed by atoms with E-state index in [2.05, 4.69) is 0 Å². The van der Waals surface area contributed by atoms with Crippen LogP contribution in [0.5, 0.6) is 0 Å². The number of aryl methyl sites for hydroxylation is 2. The van der Waals surface area contributed by atoms with E-state index < -0.39 is 17.2 Å². The van der Waals surface area contributed by atoms with Crippen LogP contribution in [-0.2, 0) is 24.1 Å². The van der Waals surface area contributed by atoms with E-state index in [1.807, 2.05) is 60.7 Å². The summed E-state index contributed by atoms with van der Waals surface area (Å²) in [6.45, 7) is 0. The maximum atomic E-state index is 12.1. The summed E-state index contributed by atoms with van der Waals surface area (Å²) in [5.74, 6) is -0.951. The molecule has 0 spiro atoms. The van der Waals surface area contributed by atoms with Crippen molar-refractivity contribution in [2.45, 2.75) is 12.8 Å². The largest absolute Gasteiger partial charge is 0.755 e. The Morgan fingerprint density at radius 1 is 0.774 bits per heavy atom. The van der Waals surface area contributed by atoms with Gasteiger partial charge in [-0.15, -0.1) is 0 Å². The molecule has 1 unspecified atom stereocenters. The average molecular weight is 431 g/mol. The molecule has 0 fully saturated rings. The van der Waals surface area contributed by atoms with Gasteiger partial charge in [0.1, 0.15) is 0 Å². The van der Waals surface area contributed by atoms with Gasteiger partial charge in [0.15, 0.2) is 0 Å². The van der Waals surface area contributed by atoms with Crippen molar-refractivity contribution in [3.8, 4) is 0 Å². The number of carboxylic acids is 1. The fraction of sp³-hybridized carbons (Fsp3) is 0.0800. The fourth-order valence-electron chi connectivity index (χ4n) is 3.61. The minimum Gasteiger partial charge on any atom is -0.755 e. The van der Waals surface area contributed by atoms with E-state index in [1.165, 1.54) is 4.31 Å². The molecule has 4 aromatic carbocycles. The Bertz CT molecular complexity index is 1270. The number of anilines is 2. The molecular weight excluding hydrogens is 410 g/mol. The number of carbonyl (C=O) groups is 1. The molecule has 0 aliphatic carbocycles. The van der Waals surface area contributed by atoms with Crippen molar-refractivity contribution in [1.82, 2.24) is 0 Å². The molecule has 31 heavy (non-hydrogen) atoms. The first-order valence-corrected chi connectivity index (χ1v) is 10.8. The van der Waals surface area contributed by atoms with E-state index in [9.17, 15) is 13.6 Å². The third kappa shape index (κ3) is 4.82. The maximum Gasteiger partial charge on any atom is 0.335 e. The molecule has 1 N–H and O–H groups in total. The highest BCUT2D eigenvalue weighted by Gasteiger charge is 2.12. The zero-order valence-corrected chi connectivity index (χ0v) is 17.4. The molecule has 6 heteroatoms. The van der Waals surface area contributed by atoms with Gasteiger partial charge in [0, 0.05) is 0 Å². The number of aromatic carboxylic acids is 1. The van der Waals surface area contributed by atoms with Gasteiger partial charge in [-0.1, -0.05) is 54.6 Å². The highest BCUT2D eigenvalue weighted by atomic mass is 32.2. The van der Waals surface area contributed by atoms with Gasteiger partial charge < -0.3 is 9.66 Å². The second kappa shape index (κ2) is 9.12. The molecule has 0 aliphatic heterocycles. The number of hydrogen-bond acceptors (Lipinski definition) is 3. The molecule has 0 heterocycles. The highest BCUT2D eigenvalue weighted by Crippen LogP contribution is 2.30. The Morgan fingerprint density at radius 2 is 1.42 bits per heavy atom. The average Bonchev–Trinajstić information content (AvgIpc) is 2.78. The normalized spacial score (nSPS) is 11.9. The number of fused-ring (bicyclic) bond motifs is 1. The minimum atomic E-state index is -2.49. The molecule has 0 bridgehead atoms. The van der Waals surface area contributed by atoms with Gasteiger partial charge in [-0.25, -0.2) is 4.79 Å². The van der Waals surface area contributed by atoms with Gasteiger partial charge in [-0.05, 0) is 71.1 Å². The first-order chi connectivity index (χ1) is 15.0. The molecule has 1 atom stereocenters. The van der Waals surface area contributed by atoms with Crippen molar-refractivity contribution < 1.29 is 18.7 Å². The van der Waals surface area contributed by atoms with Crippen LogP contribution in [-0.4, -0.2) is 19.8 Å². The number of carboxylic acid groups (broad SMARTS) is 1. The van der Waals surface area contributed by atoms with E-state index in [-0.39, 0.29) is 5.56 Å². The van der Waals surface area contributed by atoms with Crippen LogP contribution < -0.4 is 4.31 Å². The van der Waals surface area contributed by atoms with Crippen molar-refractivity contribution in [1.29, 1.82) is 0 Å². The third-order valence-corrected chi connectivity index (χ3v) is 5.86. The minimum absolute atomic E-state index is 0.260. The Morgan fingerprint density at radius 3 is 2.13 bits per heavy atom. The number of benzene rings is 4. The zero-order valence-electron chi connectivity index (χ0n) is 16.6. The quantitative estimate of drug-likeness (QED) is 0.406. The van der Waals surface area contributed by atoms with Crippen LogP contribution in [0.15, 0.2) is 91.0 Å². The van der Waals surface area contributed by atoms with E-state index in [4.69, 9.17) is 5.11 Å². The zero-order chi connectivity index (χ0) is 21.8. The summed E-state index contributed by atoms with van der Waals surface area (Å²) in [5.41, 5.74) is 3.27. The molecule has 0 aliphatic rings. The van der Waals surface area contributed by atoms with Gasteiger partial charge in [0.05, 0.1) is 28.2 Å². The second-order valence-corrected chi connectivity index (χ2v) is 8.02. The Labute approximate surface area is 183 Å². The van der Waals surface area contributed by atoms with Crippen LogP contribution in [0, 0.1) is 0 Å². The first kappa shape index (κ1) is 20.8. The molecule has 4 aromatic rings. The van der Waals surface area contributed by atoms with Crippen molar-refractivity contribution in [2.75, 3.05) is 4.31 Å². The predicted molar refractivity (Wildman–Crippen MR) is 122 cm³/mol. The standard InChI is InChI=1S/C25H21NO4S/c27-25(28)22-9-3-5-18(15-22)11-12-19-6-4-10-23(16-19)26(31(29)30)24-14-13-20-7-1-2-8-21(20)17-24/h1-10,13-17H,11-12H2,(H,27,28)(H,29,30)/p-1. The van der Waals surface area contributed by atoms with Gasteiger partial charge in [-0.2, -0.15) is 0 Å². The summed E-state index contributed by atoms with van der Waals surface area (Å²) in [7, 11) is 0. The van der Waals surface area contributed by atoms with Gasteiger partial charge in [-0.3, -0.25) is 8.51 Å². The van der Waals surface area contributed by atoms with Crippen molar-refractivity contribution in [3.63, 3.8) is 0 Å². The third-order valence-electron chi connectivity index (χ3n) is 5.14. The Kier molecular flexibility index (Phi) is 6.11. The summed E-state index contributed by atoms with van der Waals surface area (Å²) in [5, 5.41) is 11.2. The molecule has 0 saturated heterocycles. The summed E-state index contributed by atoms with van der Waals surface area (Å²) >= 11 is -2.49. The maximum absolute atomic E-state index is 12.1. The van der Waals surface area contributed by atoms with Crippen LogP contribution in [0.2, 0.25) is 0 Å². The summed E-state index contributed by atoms with van der Waals surface area (Å²) in [6, 6.07) is 27.6. The topological polar surface area (TPSA) is 80.7 Å². The van der Waals surface area contributed by atoms with Crippen LogP contribution in [0.1, 0.15) is 21.5 Å². The van der Waals surface area contributed by atoms with Crippen molar-refractivity contribution in [2.24, 2.45) is 0 Å². The van der Waals surface area contributed by atoms with E-state index in [0.29, 0.717) is 24.2 Å². The number of hydrogen-bond donors (Lipinski definition) is 1. The van der Waals surface area contributed by atoms with Gasteiger partial charge >= 0.3 is 5.97 Å². The molecule has 0 amide bonds. The molecule has 4 rings (SSSR count). The van der Waals surface area contributed by atoms with E-state index >= 15 is 0 Å². The first-order valence-electron chi connectivity index (χ1n) is 9.81. The van der Waals surface area contributed by atoms with Crippen LogP contribution >= 0.6 is 0 Å². The lowest BCUT2D eigenvalue weighted by molar-refractivity contribution is 0.0696. The van der Waals surface area contributed by atoms with Crippen molar-refractivity contribution in [3.05, 3.63) is 108 Å². The number of rotatable bonds is 7. The van der Waals surface area contributed by atoms with Crippen LogP contribution in [0.25, 0.3) is 10.8 Å².